The minimum Gasteiger partial charge on any atom is -0.726 e. The summed E-state index contributed by atoms with van der Waals surface area (Å²) in [6, 6.07) is 16.9. The molecule has 0 aromatic heterocycles. The average molecular weight is 469 g/mol. The molecule has 1 fully saturated rings. The smallest absolute Gasteiger partial charge is 0.217 e. The van der Waals surface area contributed by atoms with E-state index >= 15 is 0 Å². The Bertz CT molecular complexity index is 893. The fraction of sp³-hybridized carbons (Fsp3) is 0.409. The summed E-state index contributed by atoms with van der Waals surface area (Å²) in [6.07, 6.45) is 2.47. The van der Waals surface area contributed by atoms with Gasteiger partial charge in [-0.15, -0.1) is 0 Å². The first-order valence-electron chi connectivity index (χ1n) is 9.88. The molecule has 2 aromatic rings. The molecule has 1 atom stereocenters. The lowest BCUT2D eigenvalue weighted by Crippen LogP contribution is -2.46. The van der Waals surface area contributed by atoms with Crippen molar-refractivity contribution in [2.45, 2.75) is 24.5 Å². The van der Waals surface area contributed by atoms with E-state index in [4.69, 9.17) is 5.11 Å². The molecule has 1 aliphatic heterocycles. The molecule has 10 heteroatoms. The second kappa shape index (κ2) is 12.0. The number of benzene rings is 2. The zero-order chi connectivity index (χ0) is 24.4. The maximum absolute atomic E-state index is 11.3. The highest BCUT2D eigenvalue weighted by Crippen LogP contribution is 2.28. The molecule has 0 amide bonds. The van der Waals surface area contributed by atoms with E-state index in [9.17, 15) is 28.0 Å². The minimum atomic E-state index is -4.41. The van der Waals surface area contributed by atoms with E-state index in [1.807, 2.05) is 0 Å². The third-order valence-electron chi connectivity index (χ3n) is 5.35. The van der Waals surface area contributed by atoms with Gasteiger partial charge in [0.2, 0.25) is 10.4 Å². The van der Waals surface area contributed by atoms with E-state index < -0.39 is 22.0 Å². The molecule has 0 saturated carbocycles. The number of aliphatic carboxylic acids is 1. The molecule has 3 rings (SSSR count). The quantitative estimate of drug-likeness (QED) is 0.354. The number of aliphatic hydroxyl groups is 2. The molecule has 1 aliphatic rings. The number of hydrogen-bond donors (Lipinski definition) is 2. The van der Waals surface area contributed by atoms with Crippen LogP contribution in [0.3, 0.4) is 0 Å². The summed E-state index contributed by atoms with van der Waals surface area (Å²) in [5.41, 5.74) is -1.54. The van der Waals surface area contributed by atoms with Gasteiger partial charge in [0.05, 0.1) is 40.3 Å². The fourth-order valence-corrected chi connectivity index (χ4v) is 3.34. The van der Waals surface area contributed by atoms with Crippen molar-refractivity contribution in [3.05, 3.63) is 71.8 Å². The van der Waals surface area contributed by atoms with E-state index in [0.717, 1.165) is 11.6 Å². The van der Waals surface area contributed by atoms with Gasteiger partial charge in [0.25, 0.3) is 0 Å². The first-order chi connectivity index (χ1) is 14.9. The number of carbonyl (C=O) groups is 1. The Morgan fingerprint density at radius 2 is 1.50 bits per heavy atom. The molecular formula is C22H30NO8S-. The van der Waals surface area contributed by atoms with Crippen LogP contribution in [-0.4, -0.2) is 74.0 Å². The van der Waals surface area contributed by atoms with Crippen LogP contribution < -0.4 is 5.11 Å². The van der Waals surface area contributed by atoms with Gasteiger partial charge in [0, 0.05) is 12.8 Å². The molecule has 1 unspecified atom stereocenters. The van der Waals surface area contributed by atoms with Crippen molar-refractivity contribution in [1.29, 1.82) is 0 Å². The summed E-state index contributed by atoms with van der Waals surface area (Å²) in [6.45, 7) is 1.58. The second-order valence-corrected chi connectivity index (χ2v) is 8.94. The number of carboxylic acids is 1. The van der Waals surface area contributed by atoms with Gasteiger partial charge in [-0.1, -0.05) is 60.7 Å². The molecule has 2 N–H and O–H groups in total. The number of rotatable bonds is 5. The summed E-state index contributed by atoms with van der Waals surface area (Å²) in [5.74, 6) is -1.53. The monoisotopic (exact) mass is 468 g/mol. The fourth-order valence-electron chi connectivity index (χ4n) is 3.34. The normalized spacial score (nSPS) is 17.4. The summed E-state index contributed by atoms with van der Waals surface area (Å²) in [7, 11) is 0.773. The number of carbonyl (C=O) groups excluding carboxylic acids is 1. The number of likely N-dealkylation sites (tertiary alicyclic amines) is 1. The van der Waals surface area contributed by atoms with Gasteiger partial charge < -0.3 is 29.1 Å². The summed E-state index contributed by atoms with van der Waals surface area (Å²) in [5, 5.41) is 30.5. The van der Waals surface area contributed by atoms with Gasteiger partial charge in [-0.2, -0.15) is 0 Å². The summed E-state index contributed by atoms with van der Waals surface area (Å²) < 4.78 is 32.0. The Kier molecular flexibility index (Phi) is 10.4. The van der Waals surface area contributed by atoms with Crippen molar-refractivity contribution in [3.63, 3.8) is 0 Å². The van der Waals surface area contributed by atoms with Crippen molar-refractivity contribution < 1.29 is 41.8 Å². The number of quaternary nitrogens is 1. The number of aliphatic hydroxyl groups excluding tert-OH is 1. The largest absolute Gasteiger partial charge is 0.726 e. The van der Waals surface area contributed by atoms with Gasteiger partial charge >= 0.3 is 0 Å². The predicted molar refractivity (Wildman–Crippen MR) is 115 cm³/mol. The SMILES string of the molecule is COS(=O)(=O)[O-].C[N+]1(C)CCCC1CO.O=C([O-])C(O)(c1ccccc1)c1ccccc1. The lowest BCUT2D eigenvalue weighted by Gasteiger charge is -2.30. The van der Waals surface area contributed by atoms with Crippen LogP contribution in [0.4, 0.5) is 0 Å². The van der Waals surface area contributed by atoms with E-state index in [-0.39, 0.29) is 11.1 Å². The molecule has 9 nitrogen and oxygen atoms in total. The topological polar surface area (TPSA) is 147 Å². The van der Waals surface area contributed by atoms with Crippen molar-refractivity contribution in [2.75, 3.05) is 34.4 Å². The Hall–Kier alpha value is -2.34. The van der Waals surface area contributed by atoms with Gasteiger partial charge in [0.1, 0.15) is 6.04 Å². The van der Waals surface area contributed by atoms with Crippen LogP contribution in [0.1, 0.15) is 24.0 Å². The number of likely N-dealkylation sites (N-methyl/N-ethyl adjacent to an activating group) is 1. The Balaban J connectivity index is 0.000000285. The van der Waals surface area contributed by atoms with E-state index in [2.05, 4.69) is 18.3 Å². The van der Waals surface area contributed by atoms with Crippen LogP contribution in [0.15, 0.2) is 60.7 Å². The Labute approximate surface area is 189 Å². The predicted octanol–water partition coefficient (Wildman–Crippen LogP) is -0.0171. The highest BCUT2D eigenvalue weighted by Gasteiger charge is 2.33. The van der Waals surface area contributed by atoms with Crippen LogP contribution in [0.2, 0.25) is 0 Å². The van der Waals surface area contributed by atoms with Crippen molar-refractivity contribution in [2.24, 2.45) is 0 Å². The minimum absolute atomic E-state index is 0.284. The number of nitrogens with zero attached hydrogens (tertiary/aromatic N) is 1. The molecule has 32 heavy (non-hydrogen) atoms. The Morgan fingerprint density at radius 3 is 1.72 bits per heavy atom. The van der Waals surface area contributed by atoms with Crippen molar-refractivity contribution in [1.82, 2.24) is 0 Å². The Morgan fingerprint density at radius 1 is 1.09 bits per heavy atom. The molecule has 0 bridgehead atoms. The zero-order valence-electron chi connectivity index (χ0n) is 18.4. The molecule has 178 valence electrons. The number of carboxylic acid groups (broad SMARTS) is 1. The number of hydrogen-bond acceptors (Lipinski definition) is 8. The van der Waals surface area contributed by atoms with Crippen molar-refractivity contribution in [3.8, 4) is 0 Å². The average Bonchev–Trinajstić information content (AvgIpc) is 3.12. The van der Waals surface area contributed by atoms with Crippen molar-refractivity contribution >= 4 is 16.4 Å². The zero-order valence-corrected chi connectivity index (χ0v) is 19.2. The summed E-state index contributed by atoms with van der Waals surface area (Å²) in [4.78, 5) is 11.3. The standard InChI is InChI=1S/C14H12O3.C7H16NO.CH4O4S/c15-13(16)14(17,11-7-3-1-4-8-11)12-9-5-2-6-10-12;1-8(2)5-3-4-7(8)6-9;1-5-6(2,3)4/h1-10,17H,(H,15,16);7,9H,3-6H2,1-2H3;1H3,(H,2,3,4)/q;+1;/p-2. The molecule has 2 aromatic carbocycles. The lowest BCUT2D eigenvalue weighted by atomic mass is 9.86. The third-order valence-corrected chi connectivity index (χ3v) is 5.76. The third kappa shape index (κ3) is 7.97. The van der Waals surface area contributed by atoms with Crippen LogP contribution in [0, 0.1) is 0 Å². The van der Waals surface area contributed by atoms with E-state index in [1.165, 1.54) is 19.4 Å². The van der Waals surface area contributed by atoms with Gasteiger partial charge in [0.15, 0.2) is 5.60 Å². The first kappa shape index (κ1) is 27.7. The maximum atomic E-state index is 11.3. The molecule has 0 aliphatic carbocycles. The molecule has 1 saturated heterocycles. The maximum Gasteiger partial charge on any atom is 0.217 e. The molecule has 0 spiro atoms. The summed E-state index contributed by atoms with van der Waals surface area (Å²) >= 11 is 0. The molecular weight excluding hydrogens is 438 g/mol. The van der Waals surface area contributed by atoms with Crippen LogP contribution >= 0.6 is 0 Å². The molecule has 1 heterocycles. The highest BCUT2D eigenvalue weighted by molar-refractivity contribution is 7.80. The van der Waals surface area contributed by atoms with Crippen LogP contribution in [-0.2, 0) is 25.0 Å². The highest BCUT2D eigenvalue weighted by atomic mass is 32.3. The van der Waals surface area contributed by atoms with E-state index in [1.54, 1.807) is 60.7 Å². The van der Waals surface area contributed by atoms with Gasteiger partial charge in [-0.05, 0) is 11.1 Å². The first-order valence-corrected chi connectivity index (χ1v) is 11.2. The molecule has 0 radical (unpaired) electrons. The van der Waals surface area contributed by atoms with Gasteiger partial charge in [-0.25, -0.2) is 8.42 Å². The van der Waals surface area contributed by atoms with Crippen LogP contribution in [0.25, 0.3) is 0 Å². The lowest BCUT2D eigenvalue weighted by molar-refractivity contribution is -0.902. The van der Waals surface area contributed by atoms with Crippen LogP contribution in [0.5, 0.6) is 0 Å². The van der Waals surface area contributed by atoms with Gasteiger partial charge in [-0.3, -0.25) is 4.18 Å². The second-order valence-electron chi connectivity index (χ2n) is 7.79. The van der Waals surface area contributed by atoms with E-state index in [0.29, 0.717) is 12.6 Å².